The zero-order valence-corrected chi connectivity index (χ0v) is 9.92. The molecular weight excluding hydrogens is 262 g/mol. The summed E-state index contributed by atoms with van der Waals surface area (Å²) in [5.74, 6) is 0.105. The molecule has 0 atom stereocenters. The Morgan fingerprint density at radius 3 is 2.80 bits per heavy atom. The fraction of sp³-hybridized carbons (Fsp3) is 0.500. The molecular formula is C10H14BrNO3. The molecule has 0 saturated carbocycles. The first-order chi connectivity index (χ1) is 7.24. The van der Waals surface area contributed by atoms with Gasteiger partial charge in [0.1, 0.15) is 0 Å². The zero-order valence-electron chi connectivity index (χ0n) is 8.33. The summed E-state index contributed by atoms with van der Waals surface area (Å²) in [6.07, 6.45) is 2.56. The Labute approximate surface area is 96.8 Å². The van der Waals surface area contributed by atoms with Gasteiger partial charge in [0, 0.05) is 13.2 Å². The van der Waals surface area contributed by atoms with Crippen molar-refractivity contribution in [2.24, 2.45) is 0 Å². The number of amides is 1. The number of unbranched alkanes of at least 4 members (excludes halogenated alkanes) is 2. The van der Waals surface area contributed by atoms with Crippen molar-refractivity contribution in [2.75, 3.05) is 13.2 Å². The van der Waals surface area contributed by atoms with Gasteiger partial charge in [0.05, 0.1) is 0 Å². The molecule has 1 heterocycles. The lowest BCUT2D eigenvalue weighted by Gasteiger charge is -2.01. The molecule has 0 spiro atoms. The molecule has 0 unspecified atom stereocenters. The molecule has 84 valence electrons. The monoisotopic (exact) mass is 275 g/mol. The van der Waals surface area contributed by atoms with Crippen LogP contribution in [0.5, 0.6) is 0 Å². The second kappa shape index (κ2) is 6.63. The second-order valence-corrected chi connectivity index (χ2v) is 3.93. The lowest BCUT2D eigenvalue weighted by molar-refractivity contribution is 0.0924. The van der Waals surface area contributed by atoms with Crippen LogP contribution in [0.3, 0.4) is 0 Å². The summed E-state index contributed by atoms with van der Waals surface area (Å²) in [7, 11) is 0. The molecule has 15 heavy (non-hydrogen) atoms. The Hall–Kier alpha value is -0.810. The van der Waals surface area contributed by atoms with Gasteiger partial charge in [0.25, 0.3) is 5.91 Å². The van der Waals surface area contributed by atoms with E-state index in [0.717, 1.165) is 19.3 Å². The number of hydrogen-bond donors (Lipinski definition) is 2. The number of furan rings is 1. The average Bonchev–Trinajstić information content (AvgIpc) is 2.64. The predicted octanol–water partition coefficient (Wildman–Crippen LogP) is 1.93. The van der Waals surface area contributed by atoms with Crippen molar-refractivity contribution < 1.29 is 14.3 Å². The van der Waals surface area contributed by atoms with E-state index in [-0.39, 0.29) is 12.5 Å². The molecule has 1 rings (SSSR count). The van der Waals surface area contributed by atoms with Crippen LogP contribution in [-0.2, 0) is 0 Å². The minimum absolute atomic E-state index is 0.204. The number of carbonyl (C=O) groups excluding carboxylic acids is 1. The Morgan fingerprint density at radius 1 is 1.40 bits per heavy atom. The maximum absolute atomic E-state index is 11.4. The Bertz CT molecular complexity index is 311. The fourth-order valence-electron chi connectivity index (χ4n) is 1.14. The van der Waals surface area contributed by atoms with Crippen molar-refractivity contribution in [1.29, 1.82) is 0 Å². The van der Waals surface area contributed by atoms with Gasteiger partial charge < -0.3 is 14.8 Å². The number of rotatable bonds is 6. The third-order valence-electron chi connectivity index (χ3n) is 1.92. The molecule has 0 aliphatic rings. The van der Waals surface area contributed by atoms with E-state index >= 15 is 0 Å². The molecule has 0 radical (unpaired) electrons. The first kappa shape index (κ1) is 12.3. The van der Waals surface area contributed by atoms with Gasteiger partial charge in [-0.3, -0.25) is 4.79 Å². The van der Waals surface area contributed by atoms with Gasteiger partial charge in [-0.15, -0.1) is 0 Å². The van der Waals surface area contributed by atoms with E-state index in [1.165, 1.54) is 0 Å². The highest BCUT2D eigenvalue weighted by molar-refractivity contribution is 9.10. The number of aliphatic hydroxyl groups is 1. The zero-order chi connectivity index (χ0) is 11.1. The van der Waals surface area contributed by atoms with Crippen LogP contribution >= 0.6 is 15.9 Å². The summed E-state index contributed by atoms with van der Waals surface area (Å²) in [6.45, 7) is 0.816. The molecule has 0 aliphatic heterocycles. The molecule has 1 aromatic heterocycles. The molecule has 1 amide bonds. The van der Waals surface area contributed by atoms with E-state index in [1.54, 1.807) is 12.1 Å². The van der Waals surface area contributed by atoms with Crippen LogP contribution in [0.2, 0.25) is 0 Å². The summed E-state index contributed by atoms with van der Waals surface area (Å²) in [6, 6.07) is 3.30. The first-order valence-electron chi connectivity index (χ1n) is 4.88. The van der Waals surface area contributed by atoms with Crippen molar-refractivity contribution in [3.05, 3.63) is 22.6 Å². The third-order valence-corrected chi connectivity index (χ3v) is 2.34. The van der Waals surface area contributed by atoms with Crippen LogP contribution < -0.4 is 5.32 Å². The smallest absolute Gasteiger partial charge is 0.287 e. The molecule has 0 aromatic carbocycles. The molecule has 0 saturated heterocycles. The van der Waals surface area contributed by atoms with Gasteiger partial charge in [-0.1, -0.05) is 0 Å². The van der Waals surface area contributed by atoms with E-state index in [0.29, 0.717) is 17.0 Å². The van der Waals surface area contributed by atoms with E-state index in [9.17, 15) is 4.79 Å². The minimum Gasteiger partial charge on any atom is -0.444 e. The Balaban J connectivity index is 2.19. The van der Waals surface area contributed by atoms with Crippen molar-refractivity contribution >= 4 is 21.8 Å². The lowest BCUT2D eigenvalue weighted by Crippen LogP contribution is -2.23. The van der Waals surface area contributed by atoms with Crippen LogP contribution in [0, 0.1) is 0 Å². The first-order valence-corrected chi connectivity index (χ1v) is 5.67. The summed E-state index contributed by atoms with van der Waals surface area (Å²) < 4.78 is 5.64. The van der Waals surface area contributed by atoms with Crippen LogP contribution in [0.15, 0.2) is 21.2 Å². The molecule has 4 nitrogen and oxygen atoms in total. The topological polar surface area (TPSA) is 62.5 Å². The highest BCUT2D eigenvalue weighted by Gasteiger charge is 2.08. The van der Waals surface area contributed by atoms with Crippen molar-refractivity contribution in [3.8, 4) is 0 Å². The Morgan fingerprint density at radius 2 is 2.20 bits per heavy atom. The van der Waals surface area contributed by atoms with E-state index in [2.05, 4.69) is 21.2 Å². The summed E-state index contributed by atoms with van der Waals surface area (Å²) in [5.41, 5.74) is 0. The maximum Gasteiger partial charge on any atom is 0.287 e. The van der Waals surface area contributed by atoms with Gasteiger partial charge in [-0.25, -0.2) is 0 Å². The summed E-state index contributed by atoms with van der Waals surface area (Å²) >= 11 is 3.13. The molecule has 0 fully saturated rings. The number of aliphatic hydroxyl groups excluding tert-OH is 1. The van der Waals surface area contributed by atoms with Crippen LogP contribution in [-0.4, -0.2) is 24.2 Å². The summed E-state index contributed by atoms with van der Waals surface area (Å²) in [5, 5.41) is 11.3. The average molecular weight is 276 g/mol. The highest BCUT2D eigenvalue weighted by Crippen LogP contribution is 2.13. The highest BCUT2D eigenvalue weighted by atomic mass is 79.9. The largest absolute Gasteiger partial charge is 0.444 e. The van der Waals surface area contributed by atoms with Gasteiger partial charge >= 0.3 is 0 Å². The van der Waals surface area contributed by atoms with E-state index in [4.69, 9.17) is 9.52 Å². The Kier molecular flexibility index (Phi) is 5.42. The van der Waals surface area contributed by atoms with Gasteiger partial charge in [0.2, 0.25) is 0 Å². The molecule has 0 aliphatic carbocycles. The van der Waals surface area contributed by atoms with Crippen molar-refractivity contribution in [1.82, 2.24) is 5.32 Å². The standard InChI is InChI=1S/C10H14BrNO3/c11-9-5-4-8(15-9)10(14)12-6-2-1-3-7-13/h4-5,13H,1-3,6-7H2,(H,12,14). The van der Waals surface area contributed by atoms with Crippen molar-refractivity contribution in [2.45, 2.75) is 19.3 Å². The number of carbonyl (C=O) groups is 1. The molecule has 1 aromatic rings. The second-order valence-electron chi connectivity index (χ2n) is 3.14. The number of halogens is 1. The van der Waals surface area contributed by atoms with Gasteiger partial charge in [0.15, 0.2) is 10.4 Å². The van der Waals surface area contributed by atoms with E-state index < -0.39 is 0 Å². The summed E-state index contributed by atoms with van der Waals surface area (Å²) in [4.78, 5) is 11.4. The SMILES string of the molecule is O=C(NCCCCCO)c1ccc(Br)o1. The molecule has 2 N–H and O–H groups in total. The quantitative estimate of drug-likeness (QED) is 0.780. The van der Waals surface area contributed by atoms with Crippen molar-refractivity contribution in [3.63, 3.8) is 0 Å². The normalized spacial score (nSPS) is 10.3. The van der Waals surface area contributed by atoms with E-state index in [1.807, 2.05) is 0 Å². The predicted molar refractivity (Wildman–Crippen MR) is 59.7 cm³/mol. The maximum atomic E-state index is 11.4. The van der Waals surface area contributed by atoms with Gasteiger partial charge in [-0.2, -0.15) is 0 Å². The van der Waals surface area contributed by atoms with Crippen LogP contribution in [0.25, 0.3) is 0 Å². The van der Waals surface area contributed by atoms with Crippen LogP contribution in [0.1, 0.15) is 29.8 Å². The number of hydrogen-bond acceptors (Lipinski definition) is 3. The third kappa shape index (κ3) is 4.48. The number of nitrogens with one attached hydrogen (secondary N) is 1. The lowest BCUT2D eigenvalue weighted by atomic mass is 10.2. The molecule has 0 bridgehead atoms. The molecule has 5 heteroatoms. The van der Waals surface area contributed by atoms with Crippen LogP contribution in [0.4, 0.5) is 0 Å². The van der Waals surface area contributed by atoms with Gasteiger partial charge in [-0.05, 0) is 47.3 Å². The minimum atomic E-state index is -0.204. The fourth-order valence-corrected chi connectivity index (χ4v) is 1.45.